The van der Waals surface area contributed by atoms with Crippen molar-refractivity contribution in [1.82, 2.24) is 5.12 Å². The summed E-state index contributed by atoms with van der Waals surface area (Å²) in [5.74, 6) is 1.70. The van der Waals surface area contributed by atoms with Crippen LogP contribution in [0, 0.1) is 11.8 Å². The zero-order chi connectivity index (χ0) is 11.4. The lowest BCUT2D eigenvalue weighted by atomic mass is 10.0. The number of aliphatic hydroxyl groups is 1. The fraction of sp³-hybridized carbons (Fsp3) is 1.00. The van der Waals surface area contributed by atoms with Gasteiger partial charge in [-0.3, -0.25) is 0 Å². The lowest BCUT2D eigenvalue weighted by molar-refractivity contribution is -0.0256. The predicted molar refractivity (Wildman–Crippen MR) is 57.0 cm³/mol. The van der Waals surface area contributed by atoms with Gasteiger partial charge < -0.3 is 5.11 Å². The number of halogens is 1. The van der Waals surface area contributed by atoms with Crippen molar-refractivity contribution in [3.63, 3.8) is 0 Å². The average molecular weight is 195 g/mol. The lowest BCUT2D eigenvalue weighted by Crippen LogP contribution is -2.05. The van der Waals surface area contributed by atoms with Gasteiger partial charge in [-0.25, -0.2) is 0 Å². The molecule has 0 aliphatic carbocycles. The van der Waals surface area contributed by atoms with Crippen LogP contribution in [0.2, 0.25) is 0 Å². The Labute approximate surface area is 82.7 Å². The summed E-state index contributed by atoms with van der Waals surface area (Å²) >= 11 is 0. The second-order valence-electron chi connectivity index (χ2n) is 3.23. The molecule has 0 aromatic rings. The summed E-state index contributed by atoms with van der Waals surface area (Å²) in [5.41, 5.74) is 0. The van der Waals surface area contributed by atoms with Crippen LogP contribution in [0.25, 0.3) is 0 Å². The Hall–Kier alpha value is -0.150. The minimum absolute atomic E-state index is 0.181. The molecule has 0 aromatic heterocycles. The summed E-state index contributed by atoms with van der Waals surface area (Å²) in [4.78, 5) is 0. The molecular weight excluding hydrogens is 169 g/mol. The van der Waals surface area contributed by atoms with Crippen molar-refractivity contribution in [2.45, 2.75) is 41.5 Å². The standard InChI is InChI=1S/C6H14.C2H6FNO.C2H6/c1-5(2)6(3)4;1-4(3)2-5;1-2/h5-6H,1-4H3;5H,2H2,1H3;1-2H3. The number of nitrogens with zero attached hydrogens (tertiary/aromatic N) is 1. The number of aliphatic hydroxyl groups excluding tert-OH is 1. The smallest absolute Gasteiger partial charge is 0.123 e. The zero-order valence-electron chi connectivity index (χ0n) is 10.1. The van der Waals surface area contributed by atoms with Gasteiger partial charge in [-0.15, -0.1) is 9.60 Å². The van der Waals surface area contributed by atoms with Gasteiger partial charge in [0.25, 0.3) is 0 Å². The third-order valence-electron chi connectivity index (χ3n) is 1.53. The van der Waals surface area contributed by atoms with Crippen LogP contribution in [0.5, 0.6) is 0 Å². The van der Waals surface area contributed by atoms with Crippen molar-refractivity contribution in [2.24, 2.45) is 11.8 Å². The molecule has 2 nitrogen and oxygen atoms in total. The van der Waals surface area contributed by atoms with Gasteiger partial charge in [-0.1, -0.05) is 41.5 Å². The van der Waals surface area contributed by atoms with Crippen molar-refractivity contribution in [3.8, 4) is 0 Å². The quantitative estimate of drug-likeness (QED) is 0.540. The second-order valence-corrected chi connectivity index (χ2v) is 3.23. The molecule has 0 aliphatic rings. The van der Waals surface area contributed by atoms with E-state index in [1.54, 1.807) is 0 Å². The Bertz CT molecular complexity index is 69.3. The third-order valence-corrected chi connectivity index (χ3v) is 1.53. The molecule has 3 heteroatoms. The molecule has 0 bridgehead atoms. The molecule has 0 heterocycles. The van der Waals surface area contributed by atoms with Gasteiger partial charge in [-0.2, -0.15) is 0 Å². The van der Waals surface area contributed by atoms with Crippen LogP contribution in [0.15, 0.2) is 0 Å². The van der Waals surface area contributed by atoms with Crippen LogP contribution in [0.4, 0.5) is 4.48 Å². The first kappa shape index (κ1) is 18.6. The SMILES string of the molecule is CC.CC(C)C(C)C.CN(F)CO. The highest BCUT2D eigenvalue weighted by molar-refractivity contribution is 4.46. The monoisotopic (exact) mass is 195 g/mol. The largest absolute Gasteiger partial charge is 0.379 e. The van der Waals surface area contributed by atoms with Crippen molar-refractivity contribution in [2.75, 3.05) is 13.8 Å². The van der Waals surface area contributed by atoms with E-state index in [4.69, 9.17) is 5.11 Å². The molecule has 0 saturated heterocycles. The van der Waals surface area contributed by atoms with Gasteiger partial charge in [0.2, 0.25) is 0 Å². The molecule has 0 unspecified atom stereocenters. The van der Waals surface area contributed by atoms with Gasteiger partial charge in [0, 0.05) is 7.05 Å². The van der Waals surface area contributed by atoms with Gasteiger partial charge in [-0.05, 0) is 11.8 Å². The Kier molecular flexibility index (Phi) is 20.6. The maximum absolute atomic E-state index is 11.0. The zero-order valence-corrected chi connectivity index (χ0v) is 10.1. The second kappa shape index (κ2) is 14.4. The Balaban J connectivity index is -0.000000131. The first-order chi connectivity index (χ1) is 5.91. The average Bonchev–Trinajstić information content (AvgIpc) is 2.09. The summed E-state index contributed by atoms with van der Waals surface area (Å²) in [5, 5.41) is 7.88. The summed E-state index contributed by atoms with van der Waals surface area (Å²) in [6.45, 7) is 12.4. The summed E-state index contributed by atoms with van der Waals surface area (Å²) in [6, 6.07) is 0. The van der Waals surface area contributed by atoms with Crippen LogP contribution < -0.4 is 0 Å². The Morgan fingerprint density at radius 1 is 1.08 bits per heavy atom. The van der Waals surface area contributed by atoms with E-state index in [2.05, 4.69) is 27.7 Å². The van der Waals surface area contributed by atoms with Crippen molar-refractivity contribution in [3.05, 3.63) is 0 Å². The van der Waals surface area contributed by atoms with Gasteiger partial charge in [0.15, 0.2) is 0 Å². The predicted octanol–water partition coefficient (Wildman–Crippen LogP) is 3.08. The molecule has 1 N–H and O–H groups in total. The molecule has 0 fully saturated rings. The number of hydrogen-bond acceptors (Lipinski definition) is 2. The van der Waals surface area contributed by atoms with E-state index in [0.29, 0.717) is 0 Å². The highest BCUT2D eigenvalue weighted by Gasteiger charge is 1.95. The molecule has 0 aromatic carbocycles. The summed E-state index contributed by atoms with van der Waals surface area (Å²) in [6.07, 6.45) is 0. The molecule has 0 spiro atoms. The van der Waals surface area contributed by atoms with E-state index in [1.807, 2.05) is 13.8 Å². The molecule has 13 heavy (non-hydrogen) atoms. The fourth-order valence-electron chi connectivity index (χ4n) is 0. The number of rotatable bonds is 2. The van der Waals surface area contributed by atoms with E-state index in [-0.39, 0.29) is 5.12 Å². The number of hydrogen-bond donors (Lipinski definition) is 1. The van der Waals surface area contributed by atoms with Gasteiger partial charge in [0.05, 0.1) is 0 Å². The van der Waals surface area contributed by atoms with E-state index in [1.165, 1.54) is 0 Å². The van der Waals surface area contributed by atoms with Crippen molar-refractivity contribution < 1.29 is 9.59 Å². The van der Waals surface area contributed by atoms with E-state index in [0.717, 1.165) is 18.9 Å². The first-order valence-electron chi connectivity index (χ1n) is 4.89. The minimum atomic E-state index is -0.528. The third kappa shape index (κ3) is 33.6. The van der Waals surface area contributed by atoms with Crippen LogP contribution in [0.3, 0.4) is 0 Å². The van der Waals surface area contributed by atoms with Crippen molar-refractivity contribution in [1.29, 1.82) is 0 Å². The molecule has 0 saturated carbocycles. The van der Waals surface area contributed by atoms with Crippen molar-refractivity contribution >= 4 is 0 Å². The first-order valence-corrected chi connectivity index (χ1v) is 4.89. The topological polar surface area (TPSA) is 23.5 Å². The Morgan fingerprint density at radius 3 is 1.23 bits per heavy atom. The molecule has 0 aliphatic heterocycles. The van der Waals surface area contributed by atoms with Crippen LogP contribution >= 0.6 is 0 Å². The molecule has 0 atom stereocenters. The maximum Gasteiger partial charge on any atom is 0.123 e. The fourth-order valence-corrected chi connectivity index (χ4v) is 0. The van der Waals surface area contributed by atoms with Gasteiger partial charge in [0.1, 0.15) is 6.73 Å². The molecule has 84 valence electrons. The molecule has 0 radical (unpaired) electrons. The molecule has 0 amide bonds. The Morgan fingerprint density at radius 2 is 1.23 bits per heavy atom. The minimum Gasteiger partial charge on any atom is -0.379 e. The van der Waals surface area contributed by atoms with E-state index in [9.17, 15) is 4.48 Å². The van der Waals surface area contributed by atoms with Crippen LogP contribution in [-0.2, 0) is 0 Å². The van der Waals surface area contributed by atoms with Crippen LogP contribution in [-0.4, -0.2) is 24.0 Å². The molecule has 0 rings (SSSR count). The normalized spacial score (nSPS) is 9.23. The highest BCUT2D eigenvalue weighted by Crippen LogP contribution is 2.05. The lowest BCUT2D eigenvalue weighted by Gasteiger charge is -2.05. The van der Waals surface area contributed by atoms with Crippen LogP contribution in [0.1, 0.15) is 41.5 Å². The summed E-state index contributed by atoms with van der Waals surface area (Å²) in [7, 11) is 1.14. The maximum atomic E-state index is 11.0. The van der Waals surface area contributed by atoms with E-state index >= 15 is 0 Å². The summed E-state index contributed by atoms with van der Waals surface area (Å²) < 4.78 is 11.0. The highest BCUT2D eigenvalue weighted by atomic mass is 19.2. The van der Waals surface area contributed by atoms with E-state index < -0.39 is 6.73 Å². The molecular formula is C10H26FNO. The van der Waals surface area contributed by atoms with Gasteiger partial charge >= 0.3 is 0 Å².